The first kappa shape index (κ1) is 14.6. The number of hydrogen-bond acceptors (Lipinski definition) is 4. The van der Waals surface area contributed by atoms with Gasteiger partial charge in [0.15, 0.2) is 0 Å². The first-order valence-electron chi connectivity index (χ1n) is 6.16. The lowest BCUT2D eigenvalue weighted by molar-refractivity contribution is -0.137. The summed E-state index contributed by atoms with van der Waals surface area (Å²) in [6, 6.07) is 5.55. The van der Waals surface area contributed by atoms with E-state index in [9.17, 15) is 9.18 Å². The molecule has 106 valence electrons. The van der Waals surface area contributed by atoms with Crippen molar-refractivity contribution in [3.05, 3.63) is 51.7 Å². The van der Waals surface area contributed by atoms with E-state index in [0.29, 0.717) is 12.1 Å². The third-order valence-corrected chi connectivity index (χ3v) is 3.65. The molecule has 6 heteroatoms. The van der Waals surface area contributed by atoms with E-state index in [1.807, 2.05) is 12.3 Å². The number of rotatable bonds is 6. The highest BCUT2D eigenvalue weighted by molar-refractivity contribution is 7.09. The first-order valence-corrected chi connectivity index (χ1v) is 7.04. The molecule has 0 aliphatic carbocycles. The van der Waals surface area contributed by atoms with E-state index in [4.69, 9.17) is 5.11 Å². The predicted molar refractivity (Wildman–Crippen MR) is 75.1 cm³/mol. The highest BCUT2D eigenvalue weighted by Crippen LogP contribution is 2.19. The van der Waals surface area contributed by atoms with Crippen LogP contribution < -0.4 is 5.32 Å². The molecule has 20 heavy (non-hydrogen) atoms. The molecule has 1 unspecified atom stereocenters. The Kier molecular flexibility index (Phi) is 4.81. The fraction of sp³-hybridized carbons (Fsp3) is 0.286. The van der Waals surface area contributed by atoms with Gasteiger partial charge < -0.3 is 10.4 Å². The van der Waals surface area contributed by atoms with Crippen molar-refractivity contribution in [3.63, 3.8) is 0 Å². The van der Waals surface area contributed by atoms with Gasteiger partial charge in [-0.3, -0.25) is 4.79 Å². The predicted octanol–water partition coefficient (Wildman–Crippen LogP) is 2.90. The Morgan fingerprint density at radius 3 is 2.95 bits per heavy atom. The van der Waals surface area contributed by atoms with E-state index in [-0.39, 0.29) is 12.2 Å². The number of nitrogens with zero attached hydrogens (tertiary/aromatic N) is 1. The summed E-state index contributed by atoms with van der Waals surface area (Å²) >= 11 is 1.54. The molecule has 0 aliphatic heterocycles. The molecule has 0 spiro atoms. The highest BCUT2D eigenvalue weighted by atomic mass is 32.1. The van der Waals surface area contributed by atoms with Crippen molar-refractivity contribution >= 4 is 17.3 Å². The summed E-state index contributed by atoms with van der Waals surface area (Å²) < 4.78 is 13.2. The number of nitrogens with one attached hydrogen (secondary N) is 1. The minimum Gasteiger partial charge on any atom is -0.481 e. The Balaban J connectivity index is 2.09. The molecule has 0 saturated heterocycles. The molecule has 2 rings (SSSR count). The van der Waals surface area contributed by atoms with Crippen molar-refractivity contribution in [2.75, 3.05) is 0 Å². The van der Waals surface area contributed by atoms with Crippen LogP contribution in [0.1, 0.15) is 28.7 Å². The number of benzene rings is 1. The summed E-state index contributed by atoms with van der Waals surface area (Å²) in [4.78, 5) is 15.2. The Labute approximate surface area is 120 Å². The van der Waals surface area contributed by atoms with Gasteiger partial charge in [0.05, 0.1) is 17.1 Å². The van der Waals surface area contributed by atoms with E-state index in [1.54, 1.807) is 23.5 Å². The van der Waals surface area contributed by atoms with Gasteiger partial charge in [-0.1, -0.05) is 12.1 Å². The Hall–Kier alpha value is -1.79. The molecule has 1 heterocycles. The maximum atomic E-state index is 13.2. The molecule has 0 saturated carbocycles. The van der Waals surface area contributed by atoms with Crippen molar-refractivity contribution in [2.45, 2.75) is 25.9 Å². The van der Waals surface area contributed by atoms with Crippen LogP contribution in [0.15, 0.2) is 29.6 Å². The fourth-order valence-electron chi connectivity index (χ4n) is 1.92. The number of aryl methyl sites for hydroxylation is 1. The standard InChI is InChI=1S/C14H15FN2O2S/c1-9-17-12(8-20-9)7-16-13(6-14(18)19)10-3-2-4-11(15)5-10/h2-5,8,13,16H,6-7H2,1H3,(H,18,19). The van der Waals surface area contributed by atoms with Gasteiger partial charge in [0.2, 0.25) is 0 Å². The number of aliphatic carboxylic acids is 1. The third kappa shape index (κ3) is 4.11. The summed E-state index contributed by atoms with van der Waals surface area (Å²) in [5, 5.41) is 15.0. The summed E-state index contributed by atoms with van der Waals surface area (Å²) in [5.41, 5.74) is 1.48. The number of carboxylic acids is 1. The van der Waals surface area contributed by atoms with E-state index < -0.39 is 12.0 Å². The van der Waals surface area contributed by atoms with Crippen LogP contribution in [0.5, 0.6) is 0 Å². The maximum Gasteiger partial charge on any atom is 0.305 e. The summed E-state index contributed by atoms with van der Waals surface area (Å²) in [7, 11) is 0. The largest absolute Gasteiger partial charge is 0.481 e. The average molecular weight is 294 g/mol. The van der Waals surface area contributed by atoms with Crippen LogP contribution in [0, 0.1) is 12.7 Å². The van der Waals surface area contributed by atoms with Gasteiger partial charge >= 0.3 is 5.97 Å². The Bertz CT molecular complexity index is 600. The quantitative estimate of drug-likeness (QED) is 0.860. The molecule has 0 fully saturated rings. The molecular weight excluding hydrogens is 279 g/mol. The van der Waals surface area contributed by atoms with E-state index in [2.05, 4.69) is 10.3 Å². The first-order chi connectivity index (χ1) is 9.54. The molecule has 2 aromatic rings. The molecule has 0 amide bonds. The van der Waals surface area contributed by atoms with Crippen LogP contribution in [-0.2, 0) is 11.3 Å². The molecule has 0 aliphatic rings. The second-order valence-corrected chi connectivity index (χ2v) is 5.51. The number of halogens is 1. The normalized spacial score (nSPS) is 12.3. The fourth-order valence-corrected chi connectivity index (χ4v) is 2.54. The monoisotopic (exact) mass is 294 g/mol. The Morgan fingerprint density at radius 1 is 1.55 bits per heavy atom. The van der Waals surface area contributed by atoms with Crippen molar-refractivity contribution in [3.8, 4) is 0 Å². The van der Waals surface area contributed by atoms with E-state index >= 15 is 0 Å². The van der Waals surface area contributed by atoms with E-state index in [0.717, 1.165) is 10.7 Å². The molecular formula is C14H15FN2O2S. The van der Waals surface area contributed by atoms with Gasteiger partial charge in [-0.2, -0.15) is 0 Å². The summed E-state index contributed by atoms with van der Waals surface area (Å²) in [6.07, 6.45) is -0.105. The number of aromatic nitrogens is 1. The van der Waals surface area contributed by atoms with Crippen LogP contribution in [-0.4, -0.2) is 16.1 Å². The second-order valence-electron chi connectivity index (χ2n) is 4.44. The molecule has 0 radical (unpaired) electrons. The smallest absolute Gasteiger partial charge is 0.305 e. The SMILES string of the molecule is Cc1nc(CNC(CC(=O)O)c2cccc(F)c2)cs1. The van der Waals surface area contributed by atoms with Crippen LogP contribution in [0.3, 0.4) is 0 Å². The van der Waals surface area contributed by atoms with Crippen molar-refractivity contribution in [1.29, 1.82) is 0 Å². The second kappa shape index (κ2) is 6.58. The lowest BCUT2D eigenvalue weighted by Gasteiger charge is -2.16. The minimum absolute atomic E-state index is 0.105. The lowest BCUT2D eigenvalue weighted by atomic mass is 10.0. The topological polar surface area (TPSA) is 62.2 Å². The zero-order valence-electron chi connectivity index (χ0n) is 11.0. The summed E-state index contributed by atoms with van der Waals surface area (Å²) in [6.45, 7) is 2.37. The molecule has 4 nitrogen and oxygen atoms in total. The van der Waals surface area contributed by atoms with Crippen molar-refractivity contribution in [2.24, 2.45) is 0 Å². The summed E-state index contributed by atoms with van der Waals surface area (Å²) in [5.74, 6) is -1.30. The maximum absolute atomic E-state index is 13.2. The minimum atomic E-state index is -0.929. The number of carboxylic acid groups (broad SMARTS) is 1. The number of carbonyl (C=O) groups is 1. The van der Waals surface area contributed by atoms with Crippen LogP contribution in [0.25, 0.3) is 0 Å². The van der Waals surface area contributed by atoms with Crippen LogP contribution >= 0.6 is 11.3 Å². The number of thiazole rings is 1. The van der Waals surface area contributed by atoms with Gasteiger partial charge in [-0.25, -0.2) is 9.37 Å². The van der Waals surface area contributed by atoms with Crippen molar-refractivity contribution in [1.82, 2.24) is 10.3 Å². The Morgan fingerprint density at radius 2 is 2.35 bits per heavy atom. The number of hydrogen-bond donors (Lipinski definition) is 2. The average Bonchev–Trinajstić information content (AvgIpc) is 2.80. The molecule has 1 aromatic heterocycles. The zero-order valence-corrected chi connectivity index (χ0v) is 11.8. The van der Waals surface area contributed by atoms with Crippen molar-refractivity contribution < 1.29 is 14.3 Å². The molecule has 1 atom stereocenters. The van der Waals surface area contributed by atoms with Gasteiger partial charge in [-0.15, -0.1) is 11.3 Å². The highest BCUT2D eigenvalue weighted by Gasteiger charge is 2.16. The third-order valence-electron chi connectivity index (χ3n) is 2.83. The molecule has 2 N–H and O–H groups in total. The van der Waals surface area contributed by atoms with Gasteiger partial charge in [-0.05, 0) is 24.6 Å². The van der Waals surface area contributed by atoms with Gasteiger partial charge in [0, 0.05) is 18.0 Å². The van der Waals surface area contributed by atoms with E-state index in [1.165, 1.54) is 12.1 Å². The van der Waals surface area contributed by atoms with Gasteiger partial charge in [0.25, 0.3) is 0 Å². The van der Waals surface area contributed by atoms with Crippen LogP contribution in [0.4, 0.5) is 4.39 Å². The molecule has 0 bridgehead atoms. The van der Waals surface area contributed by atoms with Gasteiger partial charge in [0.1, 0.15) is 5.82 Å². The zero-order chi connectivity index (χ0) is 14.5. The molecule has 1 aromatic carbocycles. The van der Waals surface area contributed by atoms with Crippen LogP contribution in [0.2, 0.25) is 0 Å². The lowest BCUT2D eigenvalue weighted by Crippen LogP contribution is -2.23.